The standard InChI is InChI=1S/C15H17N3O2/c19-14-8-4-3-7-12(14)18-15(20)13-9-16-10-5-1-2-6-11(10)17-13/h1-2,5-6,9,12,14,19H,3-4,7-8H2,(H,18,20)/t12-,14-/m0/s1. The van der Waals surface area contributed by atoms with Crippen LogP contribution in [-0.4, -0.2) is 33.1 Å². The number of hydrogen-bond donors (Lipinski definition) is 2. The summed E-state index contributed by atoms with van der Waals surface area (Å²) in [5, 5.41) is 12.7. The molecule has 2 atom stereocenters. The summed E-state index contributed by atoms with van der Waals surface area (Å²) >= 11 is 0. The minimum atomic E-state index is -0.457. The summed E-state index contributed by atoms with van der Waals surface area (Å²) in [6.45, 7) is 0. The molecule has 20 heavy (non-hydrogen) atoms. The number of nitrogens with one attached hydrogen (secondary N) is 1. The molecule has 1 saturated carbocycles. The van der Waals surface area contributed by atoms with Gasteiger partial charge in [0.25, 0.3) is 5.91 Å². The second-order valence-electron chi connectivity index (χ2n) is 5.18. The molecule has 0 unspecified atom stereocenters. The molecular weight excluding hydrogens is 254 g/mol. The quantitative estimate of drug-likeness (QED) is 0.871. The molecule has 104 valence electrons. The molecule has 5 nitrogen and oxygen atoms in total. The van der Waals surface area contributed by atoms with E-state index in [9.17, 15) is 9.90 Å². The predicted octanol–water partition coefficient (Wildman–Crippen LogP) is 1.66. The van der Waals surface area contributed by atoms with Crippen molar-refractivity contribution in [2.75, 3.05) is 0 Å². The molecule has 1 aromatic heterocycles. The van der Waals surface area contributed by atoms with Crippen molar-refractivity contribution in [2.45, 2.75) is 37.8 Å². The van der Waals surface area contributed by atoms with E-state index in [1.165, 1.54) is 6.20 Å². The molecular formula is C15H17N3O2. The number of para-hydroxylation sites is 2. The van der Waals surface area contributed by atoms with Gasteiger partial charge in [0.1, 0.15) is 5.69 Å². The van der Waals surface area contributed by atoms with Crippen LogP contribution >= 0.6 is 0 Å². The number of carbonyl (C=O) groups is 1. The summed E-state index contributed by atoms with van der Waals surface area (Å²) in [6, 6.07) is 7.26. The highest BCUT2D eigenvalue weighted by atomic mass is 16.3. The summed E-state index contributed by atoms with van der Waals surface area (Å²) < 4.78 is 0. The van der Waals surface area contributed by atoms with Crippen LogP contribution in [0.5, 0.6) is 0 Å². The summed E-state index contributed by atoms with van der Waals surface area (Å²) in [6.07, 6.45) is 4.63. The molecule has 1 aliphatic carbocycles. The largest absolute Gasteiger partial charge is 0.391 e. The van der Waals surface area contributed by atoms with E-state index in [1.807, 2.05) is 24.3 Å². The highest BCUT2D eigenvalue weighted by Crippen LogP contribution is 2.18. The maximum absolute atomic E-state index is 12.2. The predicted molar refractivity (Wildman–Crippen MR) is 75.3 cm³/mol. The van der Waals surface area contributed by atoms with Crippen LogP contribution in [0.3, 0.4) is 0 Å². The molecule has 5 heteroatoms. The molecule has 3 rings (SSSR count). The number of aliphatic hydroxyl groups is 1. The van der Waals surface area contributed by atoms with Gasteiger partial charge >= 0.3 is 0 Å². The van der Waals surface area contributed by atoms with Crippen molar-refractivity contribution in [3.63, 3.8) is 0 Å². The van der Waals surface area contributed by atoms with Crippen molar-refractivity contribution in [2.24, 2.45) is 0 Å². The second kappa shape index (κ2) is 5.54. The average Bonchev–Trinajstić information content (AvgIpc) is 2.49. The van der Waals surface area contributed by atoms with Crippen molar-refractivity contribution >= 4 is 16.9 Å². The van der Waals surface area contributed by atoms with Crippen LogP contribution in [0.4, 0.5) is 0 Å². The topological polar surface area (TPSA) is 75.1 Å². The number of benzene rings is 1. The zero-order chi connectivity index (χ0) is 13.9. The van der Waals surface area contributed by atoms with Gasteiger partial charge in [-0.3, -0.25) is 9.78 Å². The SMILES string of the molecule is O=C(N[C@H]1CCCC[C@@H]1O)c1cnc2ccccc2n1. The Labute approximate surface area is 117 Å². The third-order valence-electron chi connectivity index (χ3n) is 3.73. The van der Waals surface area contributed by atoms with Gasteiger partial charge in [-0.1, -0.05) is 25.0 Å². The number of aliphatic hydroxyl groups excluding tert-OH is 1. The smallest absolute Gasteiger partial charge is 0.271 e. The number of aromatic nitrogens is 2. The molecule has 0 spiro atoms. The molecule has 1 aromatic carbocycles. The van der Waals surface area contributed by atoms with Crippen LogP contribution in [0, 0.1) is 0 Å². The van der Waals surface area contributed by atoms with E-state index in [1.54, 1.807) is 0 Å². The Hall–Kier alpha value is -2.01. The second-order valence-corrected chi connectivity index (χ2v) is 5.18. The normalized spacial score (nSPS) is 22.6. The van der Waals surface area contributed by atoms with E-state index in [0.717, 1.165) is 31.2 Å². The van der Waals surface area contributed by atoms with Gasteiger partial charge in [-0.05, 0) is 25.0 Å². The number of carbonyl (C=O) groups excluding carboxylic acids is 1. The Kier molecular flexibility index (Phi) is 3.60. The number of hydrogen-bond acceptors (Lipinski definition) is 4. The van der Waals surface area contributed by atoms with Crippen LogP contribution in [-0.2, 0) is 0 Å². The first-order valence-corrected chi connectivity index (χ1v) is 6.95. The van der Waals surface area contributed by atoms with Crippen molar-refractivity contribution < 1.29 is 9.90 Å². The van der Waals surface area contributed by atoms with Gasteiger partial charge in [-0.15, -0.1) is 0 Å². The van der Waals surface area contributed by atoms with Gasteiger partial charge in [0.15, 0.2) is 0 Å². The molecule has 0 bridgehead atoms. The lowest BCUT2D eigenvalue weighted by Crippen LogP contribution is -2.45. The molecule has 1 heterocycles. The van der Waals surface area contributed by atoms with Crippen LogP contribution in [0.1, 0.15) is 36.2 Å². The van der Waals surface area contributed by atoms with E-state index < -0.39 is 6.10 Å². The van der Waals surface area contributed by atoms with Crippen LogP contribution < -0.4 is 5.32 Å². The van der Waals surface area contributed by atoms with Crippen molar-refractivity contribution in [1.29, 1.82) is 0 Å². The Balaban J connectivity index is 1.78. The first-order chi connectivity index (χ1) is 9.74. The minimum absolute atomic E-state index is 0.176. The maximum atomic E-state index is 12.2. The molecule has 1 aliphatic rings. The molecule has 1 fully saturated rings. The Morgan fingerprint density at radius 3 is 2.75 bits per heavy atom. The Bertz CT molecular complexity index is 629. The van der Waals surface area contributed by atoms with Gasteiger partial charge in [0.2, 0.25) is 0 Å². The first kappa shape index (κ1) is 13.0. The molecule has 0 aliphatic heterocycles. The molecule has 2 N–H and O–H groups in total. The lowest BCUT2D eigenvalue weighted by Gasteiger charge is -2.28. The lowest BCUT2D eigenvalue weighted by atomic mass is 9.92. The minimum Gasteiger partial charge on any atom is -0.391 e. The molecule has 0 saturated heterocycles. The van der Waals surface area contributed by atoms with E-state index in [2.05, 4.69) is 15.3 Å². The summed E-state index contributed by atoms with van der Waals surface area (Å²) in [7, 11) is 0. The number of rotatable bonds is 2. The van der Waals surface area contributed by atoms with Crippen molar-refractivity contribution in [1.82, 2.24) is 15.3 Å². The molecule has 1 amide bonds. The zero-order valence-corrected chi connectivity index (χ0v) is 11.1. The monoisotopic (exact) mass is 271 g/mol. The molecule has 2 aromatic rings. The first-order valence-electron chi connectivity index (χ1n) is 6.95. The molecule has 0 radical (unpaired) electrons. The van der Waals surface area contributed by atoms with Gasteiger partial charge in [-0.2, -0.15) is 0 Å². The van der Waals surface area contributed by atoms with Gasteiger partial charge < -0.3 is 10.4 Å². The lowest BCUT2D eigenvalue weighted by molar-refractivity contribution is 0.0714. The zero-order valence-electron chi connectivity index (χ0n) is 11.1. The summed E-state index contributed by atoms with van der Waals surface area (Å²) in [5.74, 6) is -0.269. The maximum Gasteiger partial charge on any atom is 0.271 e. The van der Waals surface area contributed by atoms with Crippen LogP contribution in [0.25, 0.3) is 11.0 Å². The fourth-order valence-electron chi connectivity index (χ4n) is 2.59. The summed E-state index contributed by atoms with van der Waals surface area (Å²) in [4.78, 5) is 20.7. The van der Waals surface area contributed by atoms with Crippen LogP contribution in [0.15, 0.2) is 30.5 Å². The van der Waals surface area contributed by atoms with E-state index in [4.69, 9.17) is 0 Å². The third kappa shape index (κ3) is 2.63. The fourth-order valence-corrected chi connectivity index (χ4v) is 2.59. The van der Waals surface area contributed by atoms with Crippen molar-refractivity contribution in [3.8, 4) is 0 Å². The van der Waals surface area contributed by atoms with Crippen molar-refractivity contribution in [3.05, 3.63) is 36.2 Å². The highest BCUT2D eigenvalue weighted by Gasteiger charge is 2.25. The van der Waals surface area contributed by atoms with Gasteiger partial charge in [0.05, 0.1) is 29.4 Å². The highest BCUT2D eigenvalue weighted by molar-refractivity contribution is 5.93. The number of nitrogens with zero attached hydrogens (tertiary/aromatic N) is 2. The number of amides is 1. The summed E-state index contributed by atoms with van der Waals surface area (Å²) in [5.41, 5.74) is 1.76. The van der Waals surface area contributed by atoms with E-state index >= 15 is 0 Å². The number of fused-ring (bicyclic) bond motifs is 1. The Morgan fingerprint density at radius 2 is 1.95 bits per heavy atom. The average molecular weight is 271 g/mol. The Morgan fingerprint density at radius 1 is 1.20 bits per heavy atom. The van der Waals surface area contributed by atoms with E-state index in [-0.39, 0.29) is 11.9 Å². The van der Waals surface area contributed by atoms with E-state index in [0.29, 0.717) is 11.2 Å². The third-order valence-corrected chi connectivity index (χ3v) is 3.73. The van der Waals surface area contributed by atoms with Crippen LogP contribution in [0.2, 0.25) is 0 Å². The fraction of sp³-hybridized carbons (Fsp3) is 0.400. The van der Waals surface area contributed by atoms with Gasteiger partial charge in [0, 0.05) is 0 Å². The van der Waals surface area contributed by atoms with Gasteiger partial charge in [-0.25, -0.2) is 4.98 Å².